The molecular formula is C15H17N3S. The third-order valence-electron chi connectivity index (χ3n) is 3.38. The molecule has 2 N–H and O–H groups in total. The molecule has 3 nitrogen and oxygen atoms in total. The number of hydrogen-bond acceptors (Lipinski definition) is 3. The number of aromatic nitrogens is 2. The van der Waals surface area contributed by atoms with Crippen molar-refractivity contribution < 1.29 is 0 Å². The molecule has 0 aliphatic rings. The van der Waals surface area contributed by atoms with Gasteiger partial charge in [-0.25, -0.2) is 4.98 Å². The zero-order valence-corrected chi connectivity index (χ0v) is 12.0. The van der Waals surface area contributed by atoms with E-state index in [-0.39, 0.29) is 0 Å². The average Bonchev–Trinajstić information content (AvgIpc) is 2.93. The van der Waals surface area contributed by atoms with Crippen LogP contribution < -0.4 is 5.73 Å². The molecule has 0 aliphatic heterocycles. The van der Waals surface area contributed by atoms with E-state index in [2.05, 4.69) is 46.8 Å². The van der Waals surface area contributed by atoms with Gasteiger partial charge in [0.25, 0.3) is 0 Å². The lowest BCUT2D eigenvalue weighted by molar-refractivity contribution is 0.911. The van der Waals surface area contributed by atoms with Crippen LogP contribution in [0.4, 0.5) is 0 Å². The largest absolute Gasteiger partial charge is 0.330 e. The quantitative estimate of drug-likeness (QED) is 0.795. The predicted molar refractivity (Wildman–Crippen MR) is 80.7 cm³/mol. The minimum absolute atomic E-state index is 0.649. The van der Waals surface area contributed by atoms with Crippen LogP contribution in [0.25, 0.3) is 16.2 Å². The molecule has 0 unspecified atom stereocenters. The third kappa shape index (κ3) is 2.07. The fraction of sp³-hybridized carbons (Fsp3) is 0.267. The van der Waals surface area contributed by atoms with Crippen molar-refractivity contribution in [1.82, 2.24) is 9.38 Å². The summed E-state index contributed by atoms with van der Waals surface area (Å²) in [5, 5.41) is 2.18. The summed E-state index contributed by atoms with van der Waals surface area (Å²) in [4.78, 5) is 5.50. The smallest absolute Gasteiger partial charge is 0.194 e. The van der Waals surface area contributed by atoms with Gasteiger partial charge in [-0.2, -0.15) is 0 Å². The second kappa shape index (κ2) is 4.79. The van der Waals surface area contributed by atoms with Crippen LogP contribution in [0.15, 0.2) is 29.8 Å². The molecular weight excluding hydrogens is 254 g/mol. The van der Waals surface area contributed by atoms with Crippen molar-refractivity contribution in [3.63, 3.8) is 0 Å². The van der Waals surface area contributed by atoms with Crippen molar-refractivity contribution in [3.05, 3.63) is 46.6 Å². The topological polar surface area (TPSA) is 43.3 Å². The number of fused-ring (bicyclic) bond motifs is 1. The summed E-state index contributed by atoms with van der Waals surface area (Å²) in [6.07, 6.45) is 2.79. The number of imidazole rings is 1. The molecule has 1 aromatic carbocycles. The molecule has 0 saturated heterocycles. The lowest BCUT2D eigenvalue weighted by Gasteiger charge is -2.07. The Morgan fingerprint density at radius 3 is 2.89 bits per heavy atom. The molecule has 0 saturated carbocycles. The Kier molecular flexibility index (Phi) is 3.12. The summed E-state index contributed by atoms with van der Waals surface area (Å²) in [6, 6.07) is 6.57. The highest BCUT2D eigenvalue weighted by Gasteiger charge is 2.12. The van der Waals surface area contributed by atoms with Crippen molar-refractivity contribution in [1.29, 1.82) is 0 Å². The first-order valence-electron chi connectivity index (χ1n) is 6.42. The Hall–Kier alpha value is -1.65. The maximum atomic E-state index is 5.68. The van der Waals surface area contributed by atoms with E-state index in [0.29, 0.717) is 6.54 Å². The molecule has 3 rings (SSSR count). The SMILES string of the molecule is Cc1ccc(-c2csc3ncc(CCN)n23)c(C)c1. The summed E-state index contributed by atoms with van der Waals surface area (Å²) in [5.41, 5.74) is 12.0. The minimum Gasteiger partial charge on any atom is -0.330 e. The molecule has 0 radical (unpaired) electrons. The number of thiazole rings is 1. The fourth-order valence-electron chi connectivity index (χ4n) is 2.48. The number of hydrogen-bond donors (Lipinski definition) is 1. The van der Waals surface area contributed by atoms with Crippen LogP contribution in [0.2, 0.25) is 0 Å². The lowest BCUT2D eigenvalue weighted by atomic mass is 10.0. The molecule has 19 heavy (non-hydrogen) atoms. The molecule has 3 aromatic rings. The summed E-state index contributed by atoms with van der Waals surface area (Å²) < 4.78 is 2.23. The maximum absolute atomic E-state index is 5.68. The van der Waals surface area contributed by atoms with Crippen LogP contribution in [-0.2, 0) is 6.42 Å². The van der Waals surface area contributed by atoms with Gasteiger partial charge < -0.3 is 5.73 Å². The van der Waals surface area contributed by atoms with Gasteiger partial charge in [-0.1, -0.05) is 23.8 Å². The van der Waals surface area contributed by atoms with Crippen molar-refractivity contribution in [3.8, 4) is 11.3 Å². The molecule has 0 aliphatic carbocycles. The van der Waals surface area contributed by atoms with Crippen LogP contribution >= 0.6 is 11.3 Å². The maximum Gasteiger partial charge on any atom is 0.194 e. The standard InChI is InChI=1S/C15H17N3S/c1-10-3-4-13(11(2)7-10)14-9-19-15-17-8-12(5-6-16)18(14)15/h3-4,7-9H,5-6,16H2,1-2H3. The first-order chi connectivity index (χ1) is 9.20. The highest BCUT2D eigenvalue weighted by atomic mass is 32.1. The average molecular weight is 271 g/mol. The first kappa shape index (κ1) is 12.4. The Bertz CT molecular complexity index is 724. The highest BCUT2D eigenvalue weighted by molar-refractivity contribution is 7.15. The van der Waals surface area contributed by atoms with Crippen LogP contribution in [-0.4, -0.2) is 15.9 Å². The van der Waals surface area contributed by atoms with Crippen molar-refractivity contribution in [2.45, 2.75) is 20.3 Å². The van der Waals surface area contributed by atoms with Gasteiger partial charge in [0, 0.05) is 23.1 Å². The van der Waals surface area contributed by atoms with Crippen LogP contribution in [0.3, 0.4) is 0 Å². The van der Waals surface area contributed by atoms with E-state index < -0.39 is 0 Å². The molecule has 0 fully saturated rings. The minimum atomic E-state index is 0.649. The Labute approximate surface area is 116 Å². The van der Waals surface area contributed by atoms with Crippen LogP contribution in [0.5, 0.6) is 0 Å². The zero-order valence-electron chi connectivity index (χ0n) is 11.2. The number of rotatable bonds is 3. The number of aryl methyl sites for hydroxylation is 2. The van der Waals surface area contributed by atoms with E-state index >= 15 is 0 Å². The first-order valence-corrected chi connectivity index (χ1v) is 7.30. The van der Waals surface area contributed by atoms with Gasteiger partial charge in [0.15, 0.2) is 4.96 Å². The molecule has 2 heterocycles. The summed E-state index contributed by atoms with van der Waals surface area (Å²) in [7, 11) is 0. The molecule has 0 bridgehead atoms. The van der Waals surface area contributed by atoms with E-state index in [4.69, 9.17) is 5.73 Å². The number of benzene rings is 1. The normalized spacial score (nSPS) is 11.3. The van der Waals surface area contributed by atoms with Gasteiger partial charge in [0.1, 0.15) is 0 Å². The zero-order chi connectivity index (χ0) is 13.4. The van der Waals surface area contributed by atoms with Gasteiger partial charge in [0.2, 0.25) is 0 Å². The summed E-state index contributed by atoms with van der Waals surface area (Å²) >= 11 is 1.68. The van der Waals surface area contributed by atoms with Crippen molar-refractivity contribution >= 4 is 16.3 Å². The number of nitrogens with two attached hydrogens (primary N) is 1. The van der Waals surface area contributed by atoms with Gasteiger partial charge in [-0.05, 0) is 26.0 Å². The van der Waals surface area contributed by atoms with E-state index in [9.17, 15) is 0 Å². The molecule has 0 spiro atoms. The van der Waals surface area contributed by atoms with Crippen LogP contribution in [0, 0.1) is 13.8 Å². The molecule has 2 aromatic heterocycles. The third-order valence-corrected chi connectivity index (χ3v) is 4.22. The monoisotopic (exact) mass is 271 g/mol. The van der Waals surface area contributed by atoms with Crippen LogP contribution in [0.1, 0.15) is 16.8 Å². The van der Waals surface area contributed by atoms with Gasteiger partial charge in [0.05, 0.1) is 11.9 Å². The summed E-state index contributed by atoms with van der Waals surface area (Å²) in [6.45, 7) is 4.93. The molecule has 0 amide bonds. The predicted octanol–water partition coefficient (Wildman–Crippen LogP) is 3.18. The highest BCUT2D eigenvalue weighted by Crippen LogP contribution is 2.30. The Morgan fingerprint density at radius 2 is 2.16 bits per heavy atom. The molecule has 4 heteroatoms. The second-order valence-electron chi connectivity index (χ2n) is 4.85. The fourth-order valence-corrected chi connectivity index (χ4v) is 3.36. The Balaban J connectivity index is 2.21. The Morgan fingerprint density at radius 1 is 1.32 bits per heavy atom. The van der Waals surface area contributed by atoms with Crippen molar-refractivity contribution in [2.75, 3.05) is 6.54 Å². The lowest BCUT2D eigenvalue weighted by Crippen LogP contribution is -2.05. The van der Waals surface area contributed by atoms with E-state index in [0.717, 1.165) is 11.4 Å². The number of nitrogens with zero attached hydrogens (tertiary/aromatic N) is 2. The van der Waals surface area contributed by atoms with E-state index in [1.807, 2.05) is 6.20 Å². The molecule has 0 atom stereocenters. The van der Waals surface area contributed by atoms with Gasteiger partial charge in [-0.15, -0.1) is 11.3 Å². The second-order valence-corrected chi connectivity index (χ2v) is 5.68. The van der Waals surface area contributed by atoms with Gasteiger partial charge in [-0.3, -0.25) is 4.40 Å². The van der Waals surface area contributed by atoms with Gasteiger partial charge >= 0.3 is 0 Å². The molecule has 98 valence electrons. The van der Waals surface area contributed by atoms with Crippen molar-refractivity contribution in [2.24, 2.45) is 5.73 Å². The van der Waals surface area contributed by atoms with E-state index in [1.54, 1.807) is 11.3 Å². The summed E-state index contributed by atoms with van der Waals surface area (Å²) in [5.74, 6) is 0. The van der Waals surface area contributed by atoms with E-state index in [1.165, 1.54) is 28.1 Å².